The number of hydrogen-bond donors (Lipinski definition) is 1. The fourth-order valence-corrected chi connectivity index (χ4v) is 3.22. The predicted molar refractivity (Wildman–Crippen MR) is 79.9 cm³/mol. The molecule has 0 heterocycles. The van der Waals surface area contributed by atoms with Gasteiger partial charge in [-0.15, -0.1) is 0 Å². The molecule has 0 radical (unpaired) electrons. The van der Waals surface area contributed by atoms with Gasteiger partial charge < -0.3 is 5.73 Å². The zero-order valence-corrected chi connectivity index (χ0v) is 12.4. The lowest BCUT2D eigenvalue weighted by Gasteiger charge is -2.25. The summed E-state index contributed by atoms with van der Waals surface area (Å²) in [7, 11) is -1.73. The molecule has 1 aliphatic rings. The fourth-order valence-electron chi connectivity index (χ4n) is 2.70. The Balaban J connectivity index is 2.34. The number of hydrogen-bond acceptors (Lipinski definition) is 3. The molecule has 19 heavy (non-hydrogen) atoms. The van der Waals surface area contributed by atoms with Crippen molar-refractivity contribution in [3.05, 3.63) is 23.8 Å². The standard InChI is InChI=1S/C14H22N2O2S/c1-16(19(2,17)18)14-10-12(8-9-13(14)15)11-6-4-3-5-7-11/h8-11H,3-7,15H2,1-2H3. The molecule has 5 heteroatoms. The lowest BCUT2D eigenvalue weighted by atomic mass is 9.84. The summed E-state index contributed by atoms with van der Waals surface area (Å²) >= 11 is 0. The number of nitrogens with zero attached hydrogens (tertiary/aromatic N) is 1. The molecular weight excluding hydrogens is 260 g/mol. The third-order valence-corrected chi connectivity index (χ3v) is 5.16. The quantitative estimate of drug-likeness (QED) is 0.867. The van der Waals surface area contributed by atoms with Crippen molar-refractivity contribution in [1.82, 2.24) is 0 Å². The van der Waals surface area contributed by atoms with Crippen LogP contribution in [0.2, 0.25) is 0 Å². The minimum Gasteiger partial charge on any atom is -0.397 e. The molecule has 106 valence electrons. The van der Waals surface area contributed by atoms with E-state index >= 15 is 0 Å². The van der Waals surface area contributed by atoms with Crippen LogP contribution in [0.4, 0.5) is 11.4 Å². The first-order valence-corrected chi connectivity index (χ1v) is 8.58. The molecule has 0 bridgehead atoms. The SMILES string of the molecule is CN(c1cc(C2CCCCC2)ccc1N)S(C)(=O)=O. The van der Waals surface area contributed by atoms with Gasteiger partial charge in [0.25, 0.3) is 0 Å². The van der Waals surface area contributed by atoms with Crippen LogP contribution < -0.4 is 10.0 Å². The Labute approximate surface area is 115 Å². The second-order valence-electron chi connectivity index (χ2n) is 5.38. The van der Waals surface area contributed by atoms with Gasteiger partial charge in [-0.25, -0.2) is 8.42 Å². The Hall–Kier alpha value is -1.23. The van der Waals surface area contributed by atoms with Crippen molar-refractivity contribution in [2.24, 2.45) is 0 Å². The highest BCUT2D eigenvalue weighted by atomic mass is 32.2. The van der Waals surface area contributed by atoms with Crippen LogP contribution in [-0.2, 0) is 10.0 Å². The summed E-state index contributed by atoms with van der Waals surface area (Å²) in [4.78, 5) is 0. The smallest absolute Gasteiger partial charge is 0.232 e. The van der Waals surface area contributed by atoms with Gasteiger partial charge in [0, 0.05) is 7.05 Å². The Bertz CT molecular complexity index is 549. The molecule has 1 aliphatic carbocycles. The first kappa shape index (κ1) is 14.2. The highest BCUT2D eigenvalue weighted by molar-refractivity contribution is 7.92. The Morgan fingerprint density at radius 2 is 1.84 bits per heavy atom. The third-order valence-electron chi connectivity index (χ3n) is 3.97. The molecule has 0 unspecified atom stereocenters. The van der Waals surface area contributed by atoms with E-state index in [9.17, 15) is 8.42 Å². The number of benzene rings is 1. The summed E-state index contributed by atoms with van der Waals surface area (Å²) in [6.45, 7) is 0. The van der Waals surface area contributed by atoms with E-state index in [-0.39, 0.29) is 0 Å². The van der Waals surface area contributed by atoms with Gasteiger partial charge in [-0.2, -0.15) is 0 Å². The Morgan fingerprint density at radius 3 is 2.42 bits per heavy atom. The van der Waals surface area contributed by atoms with Crippen LogP contribution in [0.5, 0.6) is 0 Å². The molecule has 0 aliphatic heterocycles. The maximum atomic E-state index is 11.6. The molecule has 0 saturated heterocycles. The minimum atomic E-state index is -3.27. The van der Waals surface area contributed by atoms with Crippen LogP contribution in [0.1, 0.15) is 43.6 Å². The molecule has 2 N–H and O–H groups in total. The van der Waals surface area contributed by atoms with Gasteiger partial charge in [-0.1, -0.05) is 25.3 Å². The first-order valence-electron chi connectivity index (χ1n) is 6.73. The number of nitrogen functional groups attached to an aromatic ring is 1. The molecule has 0 aromatic heterocycles. The highest BCUT2D eigenvalue weighted by Crippen LogP contribution is 2.36. The van der Waals surface area contributed by atoms with Crippen molar-refractivity contribution >= 4 is 21.4 Å². The van der Waals surface area contributed by atoms with Crippen LogP contribution in [0.3, 0.4) is 0 Å². The van der Waals surface area contributed by atoms with Crippen molar-refractivity contribution in [2.45, 2.75) is 38.0 Å². The highest BCUT2D eigenvalue weighted by Gasteiger charge is 2.19. The van der Waals surface area contributed by atoms with E-state index in [1.165, 1.54) is 48.2 Å². The van der Waals surface area contributed by atoms with Crippen LogP contribution in [0.25, 0.3) is 0 Å². The molecule has 0 spiro atoms. The van der Waals surface area contributed by atoms with E-state index in [1.54, 1.807) is 7.05 Å². The molecule has 0 amide bonds. The summed E-state index contributed by atoms with van der Waals surface area (Å²) in [5.41, 5.74) is 8.21. The van der Waals surface area contributed by atoms with Crippen LogP contribution >= 0.6 is 0 Å². The normalized spacial score (nSPS) is 17.4. The lowest BCUT2D eigenvalue weighted by molar-refractivity contribution is 0.443. The van der Waals surface area contributed by atoms with Crippen LogP contribution in [0.15, 0.2) is 18.2 Å². The summed E-state index contributed by atoms with van der Waals surface area (Å²) in [5.74, 6) is 0.543. The van der Waals surface area contributed by atoms with Crippen LogP contribution in [0, 0.1) is 0 Å². The summed E-state index contributed by atoms with van der Waals surface area (Å²) in [6.07, 6.45) is 7.39. The van der Waals surface area contributed by atoms with Gasteiger partial charge in [0.1, 0.15) is 0 Å². The van der Waals surface area contributed by atoms with E-state index in [4.69, 9.17) is 5.73 Å². The van der Waals surface area contributed by atoms with Crippen molar-refractivity contribution in [1.29, 1.82) is 0 Å². The number of anilines is 2. The van der Waals surface area contributed by atoms with Crippen molar-refractivity contribution in [2.75, 3.05) is 23.3 Å². The molecule has 2 rings (SSSR count). The van der Waals surface area contributed by atoms with Crippen molar-refractivity contribution in [3.8, 4) is 0 Å². The maximum Gasteiger partial charge on any atom is 0.232 e. The zero-order chi connectivity index (χ0) is 14.0. The number of nitrogens with two attached hydrogens (primary N) is 1. The number of sulfonamides is 1. The average molecular weight is 282 g/mol. The Kier molecular flexibility index (Phi) is 4.04. The monoisotopic (exact) mass is 282 g/mol. The largest absolute Gasteiger partial charge is 0.397 e. The summed E-state index contributed by atoms with van der Waals surface area (Å²) in [5, 5.41) is 0. The van der Waals surface area contributed by atoms with Crippen LogP contribution in [-0.4, -0.2) is 21.7 Å². The minimum absolute atomic E-state index is 0.507. The molecule has 4 nitrogen and oxygen atoms in total. The summed E-state index contributed by atoms with van der Waals surface area (Å²) < 4.78 is 24.5. The van der Waals surface area contributed by atoms with Crippen molar-refractivity contribution in [3.63, 3.8) is 0 Å². The molecule has 1 saturated carbocycles. The van der Waals surface area contributed by atoms with Gasteiger partial charge in [0.2, 0.25) is 10.0 Å². The van der Waals surface area contributed by atoms with Gasteiger partial charge in [0.05, 0.1) is 17.6 Å². The first-order chi connectivity index (χ1) is 8.89. The third kappa shape index (κ3) is 3.21. The second kappa shape index (κ2) is 5.41. The lowest BCUT2D eigenvalue weighted by Crippen LogP contribution is -2.26. The Morgan fingerprint density at radius 1 is 1.21 bits per heavy atom. The molecule has 1 fully saturated rings. The molecule has 0 atom stereocenters. The average Bonchev–Trinajstić information content (AvgIpc) is 2.38. The predicted octanol–water partition coefficient (Wildman–Crippen LogP) is 2.71. The van der Waals surface area contributed by atoms with Crippen molar-refractivity contribution < 1.29 is 8.42 Å². The van der Waals surface area contributed by atoms with Gasteiger partial charge >= 0.3 is 0 Å². The number of rotatable bonds is 3. The molecule has 1 aromatic carbocycles. The van der Waals surface area contributed by atoms with E-state index in [0.29, 0.717) is 17.3 Å². The van der Waals surface area contributed by atoms with Gasteiger partial charge in [-0.3, -0.25) is 4.31 Å². The topological polar surface area (TPSA) is 63.4 Å². The van der Waals surface area contributed by atoms with E-state index < -0.39 is 10.0 Å². The van der Waals surface area contributed by atoms with E-state index in [2.05, 4.69) is 0 Å². The second-order valence-corrected chi connectivity index (χ2v) is 7.40. The maximum absolute atomic E-state index is 11.6. The van der Waals surface area contributed by atoms with E-state index in [1.807, 2.05) is 18.2 Å². The van der Waals surface area contributed by atoms with E-state index in [0.717, 1.165) is 0 Å². The molecule has 1 aromatic rings. The zero-order valence-electron chi connectivity index (χ0n) is 11.6. The summed E-state index contributed by atoms with van der Waals surface area (Å²) in [6, 6.07) is 5.79. The van der Waals surface area contributed by atoms with Gasteiger partial charge in [-0.05, 0) is 36.5 Å². The molecular formula is C14H22N2O2S. The van der Waals surface area contributed by atoms with Gasteiger partial charge in [0.15, 0.2) is 0 Å². The fraction of sp³-hybridized carbons (Fsp3) is 0.571.